The van der Waals surface area contributed by atoms with Crippen LogP contribution in [0.5, 0.6) is 11.5 Å². The van der Waals surface area contributed by atoms with Gasteiger partial charge in [0.25, 0.3) is 5.91 Å². The number of aldehydes is 1. The molecule has 9 heteroatoms. The lowest BCUT2D eigenvalue weighted by atomic mass is 9.98. The van der Waals surface area contributed by atoms with E-state index in [-0.39, 0.29) is 30.2 Å². The standard InChI is InChI=1S/C25H27N3O6/c29-15-18(14-17-9-10-26-23(17)30)27-25(32)20(13-16-5-2-1-3-6-16)28-24(31)19-7-4-8-21-22(19)34-12-11-33-21/h1-8,15,17-18,20H,9-14H2,(H,26,30)(H,27,32)(H,28,31)/t17-,18-,20-/m0/s1. The van der Waals surface area contributed by atoms with Crippen LogP contribution in [0.2, 0.25) is 0 Å². The molecule has 9 nitrogen and oxygen atoms in total. The van der Waals surface area contributed by atoms with Crippen molar-refractivity contribution in [2.45, 2.75) is 31.3 Å². The molecule has 2 aromatic carbocycles. The molecule has 178 valence electrons. The first-order valence-electron chi connectivity index (χ1n) is 11.3. The monoisotopic (exact) mass is 465 g/mol. The SMILES string of the molecule is O=C[C@H](C[C@@H]1CCNC1=O)NC(=O)[C@H](Cc1ccccc1)NC(=O)c1cccc2c1OCCO2. The predicted octanol–water partition coefficient (Wildman–Crippen LogP) is 1.01. The van der Waals surface area contributed by atoms with Crippen LogP contribution in [0.25, 0.3) is 0 Å². The summed E-state index contributed by atoms with van der Waals surface area (Å²) in [6.45, 7) is 1.27. The summed E-state index contributed by atoms with van der Waals surface area (Å²) in [5.74, 6) is -0.634. The molecule has 0 saturated carbocycles. The summed E-state index contributed by atoms with van der Waals surface area (Å²) >= 11 is 0. The summed E-state index contributed by atoms with van der Waals surface area (Å²) in [4.78, 5) is 49.9. The van der Waals surface area contributed by atoms with Gasteiger partial charge in [0.05, 0.1) is 11.6 Å². The zero-order valence-electron chi connectivity index (χ0n) is 18.6. The summed E-state index contributed by atoms with van der Waals surface area (Å²) < 4.78 is 11.2. The third kappa shape index (κ3) is 5.54. The van der Waals surface area contributed by atoms with Crippen LogP contribution in [-0.2, 0) is 20.8 Å². The molecule has 0 aromatic heterocycles. The maximum Gasteiger partial charge on any atom is 0.255 e. The molecule has 34 heavy (non-hydrogen) atoms. The van der Waals surface area contributed by atoms with Crippen molar-refractivity contribution in [1.29, 1.82) is 0 Å². The van der Waals surface area contributed by atoms with Crippen LogP contribution < -0.4 is 25.4 Å². The van der Waals surface area contributed by atoms with Crippen molar-refractivity contribution in [2.75, 3.05) is 19.8 Å². The summed E-state index contributed by atoms with van der Waals surface area (Å²) in [6.07, 6.45) is 1.68. The summed E-state index contributed by atoms with van der Waals surface area (Å²) in [5, 5.41) is 8.21. The van der Waals surface area contributed by atoms with Crippen LogP contribution in [0.1, 0.15) is 28.8 Å². The second-order valence-electron chi connectivity index (χ2n) is 8.31. The molecule has 0 radical (unpaired) electrons. The van der Waals surface area contributed by atoms with E-state index >= 15 is 0 Å². The van der Waals surface area contributed by atoms with Gasteiger partial charge in [-0.3, -0.25) is 14.4 Å². The van der Waals surface area contributed by atoms with Crippen LogP contribution >= 0.6 is 0 Å². The molecule has 2 aromatic rings. The maximum atomic E-state index is 13.2. The van der Waals surface area contributed by atoms with E-state index in [1.54, 1.807) is 18.2 Å². The smallest absolute Gasteiger partial charge is 0.255 e. The Bertz CT molecular complexity index is 1060. The van der Waals surface area contributed by atoms with Crippen molar-refractivity contribution in [1.82, 2.24) is 16.0 Å². The van der Waals surface area contributed by atoms with Crippen molar-refractivity contribution in [3.63, 3.8) is 0 Å². The van der Waals surface area contributed by atoms with Gasteiger partial charge < -0.3 is 30.2 Å². The fourth-order valence-corrected chi connectivity index (χ4v) is 4.16. The van der Waals surface area contributed by atoms with E-state index in [1.165, 1.54) is 0 Å². The Labute approximate surface area is 197 Å². The predicted molar refractivity (Wildman–Crippen MR) is 123 cm³/mol. The third-order valence-corrected chi connectivity index (χ3v) is 5.91. The molecule has 1 fully saturated rings. The molecule has 3 atom stereocenters. The molecular formula is C25H27N3O6. The second kappa shape index (κ2) is 10.8. The largest absolute Gasteiger partial charge is 0.486 e. The molecule has 0 aliphatic carbocycles. The van der Waals surface area contributed by atoms with E-state index in [0.717, 1.165) is 5.56 Å². The summed E-state index contributed by atoms with van der Waals surface area (Å²) in [5.41, 5.74) is 1.10. The van der Waals surface area contributed by atoms with Crippen molar-refractivity contribution >= 4 is 24.0 Å². The maximum absolute atomic E-state index is 13.2. The molecule has 0 bridgehead atoms. The molecule has 1 saturated heterocycles. The normalized spacial score (nSPS) is 18.4. The Morgan fingerprint density at radius 3 is 2.59 bits per heavy atom. The zero-order chi connectivity index (χ0) is 23.9. The molecule has 4 rings (SSSR count). The fraction of sp³-hybridized carbons (Fsp3) is 0.360. The number of carbonyl (C=O) groups is 4. The van der Waals surface area contributed by atoms with Gasteiger partial charge in [0, 0.05) is 18.9 Å². The van der Waals surface area contributed by atoms with Gasteiger partial charge in [0.15, 0.2) is 11.5 Å². The highest BCUT2D eigenvalue weighted by Gasteiger charge is 2.30. The number of rotatable bonds is 9. The second-order valence-corrected chi connectivity index (χ2v) is 8.31. The van der Waals surface area contributed by atoms with Gasteiger partial charge >= 0.3 is 0 Å². The lowest BCUT2D eigenvalue weighted by Gasteiger charge is -2.24. The van der Waals surface area contributed by atoms with Gasteiger partial charge in [0.2, 0.25) is 11.8 Å². The van der Waals surface area contributed by atoms with Crippen LogP contribution in [0.4, 0.5) is 0 Å². The number of amides is 3. The molecular weight excluding hydrogens is 438 g/mol. The number of hydrogen-bond acceptors (Lipinski definition) is 6. The quantitative estimate of drug-likeness (QED) is 0.475. The van der Waals surface area contributed by atoms with E-state index in [1.807, 2.05) is 30.3 Å². The van der Waals surface area contributed by atoms with Crippen molar-refractivity contribution < 1.29 is 28.7 Å². The Hall–Kier alpha value is -3.88. The van der Waals surface area contributed by atoms with Crippen LogP contribution in [-0.4, -0.2) is 55.8 Å². The molecule has 3 amide bonds. The van der Waals surface area contributed by atoms with Gasteiger partial charge in [-0.25, -0.2) is 0 Å². The Kier molecular flexibility index (Phi) is 7.41. The number of carbonyl (C=O) groups excluding carboxylic acids is 4. The number of hydrogen-bond donors (Lipinski definition) is 3. The minimum Gasteiger partial charge on any atom is -0.486 e. The summed E-state index contributed by atoms with van der Waals surface area (Å²) in [6, 6.07) is 12.5. The van der Waals surface area contributed by atoms with Crippen LogP contribution in [0.15, 0.2) is 48.5 Å². The van der Waals surface area contributed by atoms with Crippen molar-refractivity contribution in [2.24, 2.45) is 5.92 Å². The molecule has 2 aliphatic heterocycles. The van der Waals surface area contributed by atoms with Gasteiger partial charge in [-0.1, -0.05) is 36.4 Å². The zero-order valence-corrected chi connectivity index (χ0v) is 18.6. The average Bonchev–Trinajstić information content (AvgIpc) is 3.27. The lowest BCUT2D eigenvalue weighted by Crippen LogP contribution is -2.51. The molecule has 3 N–H and O–H groups in total. The number of fused-ring (bicyclic) bond motifs is 1. The molecule has 0 unspecified atom stereocenters. The molecule has 2 aliphatic rings. The Balaban J connectivity index is 1.50. The van der Waals surface area contributed by atoms with Gasteiger partial charge in [-0.05, 0) is 30.5 Å². The molecule has 0 spiro atoms. The minimum absolute atomic E-state index is 0.119. The first-order valence-corrected chi connectivity index (χ1v) is 11.3. The van der Waals surface area contributed by atoms with Gasteiger partial charge in [-0.2, -0.15) is 0 Å². The van der Waals surface area contributed by atoms with Gasteiger partial charge in [-0.15, -0.1) is 0 Å². The van der Waals surface area contributed by atoms with Gasteiger partial charge in [0.1, 0.15) is 25.5 Å². The average molecular weight is 466 g/mol. The minimum atomic E-state index is -0.949. The van der Waals surface area contributed by atoms with E-state index < -0.39 is 23.9 Å². The number of para-hydroxylation sites is 1. The first-order chi connectivity index (χ1) is 16.5. The highest BCUT2D eigenvalue weighted by atomic mass is 16.6. The fourth-order valence-electron chi connectivity index (χ4n) is 4.16. The number of ether oxygens (including phenoxy) is 2. The Morgan fingerprint density at radius 2 is 1.85 bits per heavy atom. The third-order valence-electron chi connectivity index (χ3n) is 5.91. The van der Waals surface area contributed by atoms with E-state index in [9.17, 15) is 19.2 Å². The summed E-state index contributed by atoms with van der Waals surface area (Å²) in [7, 11) is 0. The Morgan fingerprint density at radius 1 is 1.06 bits per heavy atom. The number of benzene rings is 2. The first kappa shape index (κ1) is 23.3. The number of nitrogens with one attached hydrogen (secondary N) is 3. The van der Waals surface area contributed by atoms with E-state index in [0.29, 0.717) is 44.0 Å². The van der Waals surface area contributed by atoms with E-state index in [4.69, 9.17) is 9.47 Å². The molecule has 2 heterocycles. The van der Waals surface area contributed by atoms with Crippen LogP contribution in [0.3, 0.4) is 0 Å². The van der Waals surface area contributed by atoms with Crippen molar-refractivity contribution in [3.8, 4) is 11.5 Å². The highest BCUT2D eigenvalue weighted by Crippen LogP contribution is 2.33. The highest BCUT2D eigenvalue weighted by molar-refractivity contribution is 6.00. The van der Waals surface area contributed by atoms with Crippen molar-refractivity contribution in [3.05, 3.63) is 59.7 Å². The van der Waals surface area contributed by atoms with Crippen LogP contribution in [0, 0.1) is 5.92 Å². The lowest BCUT2D eigenvalue weighted by molar-refractivity contribution is -0.127. The topological polar surface area (TPSA) is 123 Å². The van der Waals surface area contributed by atoms with E-state index in [2.05, 4.69) is 16.0 Å².